The molecule has 6 rings (SSSR count). The molecular weight excluding hydrogens is 702 g/mol. The van der Waals surface area contributed by atoms with Gasteiger partial charge in [0.25, 0.3) is 5.91 Å². The summed E-state index contributed by atoms with van der Waals surface area (Å²) in [6.45, 7) is 14.4. The number of nitrogens with zero attached hydrogens (tertiary/aromatic N) is 2. The summed E-state index contributed by atoms with van der Waals surface area (Å²) in [4.78, 5) is 16.1. The van der Waals surface area contributed by atoms with Crippen LogP contribution in [0.25, 0.3) is 0 Å². The lowest BCUT2D eigenvalue weighted by molar-refractivity contribution is 0.0530. The van der Waals surface area contributed by atoms with Crippen LogP contribution in [0.4, 0.5) is 5.69 Å². The van der Waals surface area contributed by atoms with Crippen molar-refractivity contribution >= 4 is 41.7 Å². The van der Waals surface area contributed by atoms with E-state index in [1.54, 1.807) is 6.07 Å². The Morgan fingerprint density at radius 1 is 1.02 bits per heavy atom. The molecule has 4 aliphatic rings. The monoisotopic (exact) mass is 757 g/mol. The third-order valence-electron chi connectivity index (χ3n) is 11.7. The lowest BCUT2D eigenvalue weighted by atomic mass is 9.70. The van der Waals surface area contributed by atoms with Gasteiger partial charge in [0.05, 0.1) is 17.9 Å². The zero-order valence-electron chi connectivity index (χ0n) is 31.0. The fraction of sp³-hybridized carbons (Fsp3) is 0.615. The highest BCUT2D eigenvalue weighted by Gasteiger charge is 2.44. The lowest BCUT2D eigenvalue weighted by Crippen LogP contribution is -2.50. The molecule has 9 nitrogen and oxygen atoms in total. The topological polar surface area (TPSA) is 97.4 Å². The molecule has 0 radical (unpaired) electrons. The van der Waals surface area contributed by atoms with E-state index in [-0.39, 0.29) is 35.9 Å². The van der Waals surface area contributed by atoms with Crippen LogP contribution in [-0.4, -0.2) is 71.9 Å². The molecule has 51 heavy (non-hydrogen) atoms. The van der Waals surface area contributed by atoms with Crippen LogP contribution in [0.2, 0.25) is 23.2 Å². The van der Waals surface area contributed by atoms with Gasteiger partial charge in [-0.05, 0) is 123 Å². The number of carbonyl (C=O) groups is 1. The maximum atomic E-state index is 13.9. The molecule has 0 aromatic heterocycles. The van der Waals surface area contributed by atoms with Crippen molar-refractivity contribution < 1.29 is 27.1 Å². The minimum absolute atomic E-state index is 0.0481. The van der Waals surface area contributed by atoms with Crippen molar-refractivity contribution in [2.75, 3.05) is 37.7 Å². The summed E-state index contributed by atoms with van der Waals surface area (Å²) in [7, 11) is -6.29. The number of fused-ring (bicyclic) bond motifs is 3. The van der Waals surface area contributed by atoms with E-state index in [9.17, 15) is 13.2 Å². The van der Waals surface area contributed by atoms with Crippen molar-refractivity contribution in [1.29, 1.82) is 0 Å². The number of aryl methyl sites for hydroxylation is 1. The number of anilines is 1. The molecule has 1 saturated heterocycles. The standard InChI is InChI=1S/C39H56ClN3O6SSi/c1-39(2,3)51(4,5)49-36-13-7-9-21-43(26-33-12-10-22-47-33)50(45,46)41-38(44)29-16-19-37-35(24-29)42(25-30-15-18-34(30)36)20-8-6-11-28-23-32(40)17-14-31(28)27-48-37/h7,13-14,16-17,19,23-24,30,33-34,36H,6,8-12,15,18,20-22,25-27H2,1-5H3,(H,41,44)/b13-7+/t30-,33?,34+,36?/m0/s1. The molecule has 2 aromatic rings. The molecule has 1 saturated carbocycles. The number of nitrogens with one attached hydrogen (secondary N) is 1. The van der Waals surface area contributed by atoms with Crippen LogP contribution >= 0.6 is 11.6 Å². The van der Waals surface area contributed by atoms with E-state index >= 15 is 0 Å². The number of hydrogen-bond donors (Lipinski definition) is 1. The lowest BCUT2D eigenvalue weighted by Gasteiger charge is -2.47. The number of halogens is 1. The van der Waals surface area contributed by atoms with Crippen molar-refractivity contribution in [3.63, 3.8) is 0 Å². The first-order valence-electron chi connectivity index (χ1n) is 18.8. The summed E-state index contributed by atoms with van der Waals surface area (Å²) in [6, 6.07) is 11.3. The zero-order valence-corrected chi connectivity index (χ0v) is 33.5. The van der Waals surface area contributed by atoms with Gasteiger partial charge < -0.3 is 18.8 Å². The number of carbonyl (C=O) groups excluding carboxylic acids is 1. The molecule has 2 fully saturated rings. The van der Waals surface area contributed by atoms with Crippen LogP contribution in [0.15, 0.2) is 48.6 Å². The number of amides is 1. The van der Waals surface area contributed by atoms with Crippen molar-refractivity contribution in [2.45, 2.75) is 109 Å². The molecule has 1 N–H and O–H groups in total. The van der Waals surface area contributed by atoms with Gasteiger partial charge in [0.15, 0.2) is 8.32 Å². The summed E-state index contributed by atoms with van der Waals surface area (Å²) >= 11 is 6.39. The molecule has 280 valence electrons. The average Bonchev–Trinajstić information content (AvgIpc) is 3.56. The van der Waals surface area contributed by atoms with Crippen LogP contribution in [0.5, 0.6) is 5.75 Å². The second kappa shape index (κ2) is 15.9. The Kier molecular flexibility index (Phi) is 11.9. The summed E-state index contributed by atoms with van der Waals surface area (Å²) < 4.78 is 51.0. The van der Waals surface area contributed by atoms with Crippen LogP contribution in [0, 0.1) is 11.8 Å². The predicted molar refractivity (Wildman–Crippen MR) is 206 cm³/mol. The second-order valence-corrected chi connectivity index (χ2v) is 23.1. The van der Waals surface area contributed by atoms with E-state index in [0.717, 1.165) is 69.3 Å². The number of hydrogen-bond acceptors (Lipinski definition) is 7. The van der Waals surface area contributed by atoms with Crippen molar-refractivity contribution in [2.24, 2.45) is 11.8 Å². The smallest absolute Gasteiger partial charge is 0.304 e. The van der Waals surface area contributed by atoms with Gasteiger partial charge in [-0.1, -0.05) is 50.6 Å². The van der Waals surface area contributed by atoms with Gasteiger partial charge in [0.1, 0.15) is 12.4 Å². The molecule has 1 aliphatic carbocycles. The molecule has 3 aliphatic heterocycles. The Balaban J connectivity index is 1.38. The molecule has 2 bridgehead atoms. The molecule has 2 aromatic carbocycles. The summed E-state index contributed by atoms with van der Waals surface area (Å²) in [5, 5.41) is 0.765. The summed E-state index contributed by atoms with van der Waals surface area (Å²) in [5.74, 6) is 0.732. The normalized spacial score (nSPS) is 27.2. The van der Waals surface area contributed by atoms with Crippen LogP contribution in [0.1, 0.15) is 87.2 Å². The first kappa shape index (κ1) is 38.3. The number of ether oxygens (including phenoxy) is 2. The zero-order chi connectivity index (χ0) is 36.4. The van der Waals surface area contributed by atoms with Crippen molar-refractivity contribution in [3.05, 3.63) is 70.3 Å². The Hall–Kier alpha value is -2.41. The largest absolute Gasteiger partial charge is 0.487 e. The minimum atomic E-state index is -4.17. The minimum Gasteiger partial charge on any atom is -0.487 e. The van der Waals surface area contributed by atoms with E-state index in [4.69, 9.17) is 25.5 Å². The quantitative estimate of drug-likeness (QED) is 0.250. The molecule has 2 unspecified atom stereocenters. The molecule has 0 spiro atoms. The van der Waals surface area contributed by atoms with Crippen molar-refractivity contribution in [3.8, 4) is 5.75 Å². The Bertz CT molecular complexity index is 1690. The van der Waals surface area contributed by atoms with Gasteiger partial charge in [-0.2, -0.15) is 12.7 Å². The first-order chi connectivity index (χ1) is 24.2. The summed E-state index contributed by atoms with van der Waals surface area (Å²) in [6.07, 6.45) is 11.2. The Labute approximate surface area is 311 Å². The highest BCUT2D eigenvalue weighted by Crippen LogP contribution is 2.45. The highest BCUT2D eigenvalue weighted by atomic mass is 35.5. The van der Waals surface area contributed by atoms with E-state index in [1.165, 1.54) is 9.87 Å². The third-order valence-corrected chi connectivity index (χ3v) is 17.9. The SMILES string of the molecule is CC(C)(C)[Si](C)(C)OC1/C=C/CCN(CC2CCCO2)S(=O)(=O)NC(=O)c2ccc3c(c2)N(CCCCc2cc(Cl)ccc2CO3)C[C@@H]2CC[C@@H]12. The number of benzene rings is 2. The average molecular weight is 758 g/mol. The second-order valence-electron chi connectivity index (χ2n) is 16.3. The highest BCUT2D eigenvalue weighted by molar-refractivity contribution is 7.87. The van der Waals surface area contributed by atoms with Gasteiger partial charge >= 0.3 is 10.2 Å². The fourth-order valence-electron chi connectivity index (χ4n) is 7.42. The van der Waals surface area contributed by atoms with Crippen LogP contribution in [0.3, 0.4) is 0 Å². The molecular formula is C39H56ClN3O6SSi. The maximum Gasteiger partial charge on any atom is 0.304 e. The van der Waals surface area contributed by atoms with Gasteiger partial charge in [-0.3, -0.25) is 4.79 Å². The maximum absolute atomic E-state index is 13.9. The van der Waals surface area contributed by atoms with E-state index in [2.05, 4.69) is 55.6 Å². The Morgan fingerprint density at radius 2 is 1.84 bits per heavy atom. The molecule has 4 atom stereocenters. The summed E-state index contributed by atoms with van der Waals surface area (Å²) in [5.41, 5.74) is 3.36. The van der Waals surface area contributed by atoms with E-state index in [1.807, 2.05) is 30.3 Å². The molecule has 1 amide bonds. The van der Waals surface area contributed by atoms with E-state index < -0.39 is 24.4 Å². The van der Waals surface area contributed by atoms with Gasteiger partial charge in [0.2, 0.25) is 0 Å². The number of rotatable bonds is 4. The van der Waals surface area contributed by atoms with Crippen LogP contribution < -0.4 is 14.4 Å². The van der Waals surface area contributed by atoms with Gasteiger partial charge in [-0.15, -0.1) is 0 Å². The fourth-order valence-corrected chi connectivity index (χ4v) is 10.1. The first-order valence-corrected chi connectivity index (χ1v) is 23.5. The predicted octanol–water partition coefficient (Wildman–Crippen LogP) is 7.89. The molecule has 12 heteroatoms. The third kappa shape index (κ3) is 9.22. The van der Waals surface area contributed by atoms with Gasteiger partial charge in [0, 0.05) is 43.4 Å². The van der Waals surface area contributed by atoms with Crippen molar-refractivity contribution in [1.82, 2.24) is 9.03 Å². The van der Waals surface area contributed by atoms with Crippen LogP contribution in [-0.2, 0) is 32.4 Å². The molecule has 3 heterocycles. The Morgan fingerprint density at radius 3 is 2.57 bits per heavy atom. The van der Waals surface area contributed by atoms with E-state index in [0.29, 0.717) is 42.2 Å². The van der Waals surface area contributed by atoms with Gasteiger partial charge in [-0.25, -0.2) is 4.72 Å².